The highest BCUT2D eigenvalue weighted by atomic mass is 35.5. The van der Waals surface area contributed by atoms with E-state index in [2.05, 4.69) is 4.72 Å². The third-order valence-electron chi connectivity index (χ3n) is 3.52. The molecule has 1 N–H and O–H groups in total. The molecule has 2 rings (SSSR count). The van der Waals surface area contributed by atoms with Crippen molar-refractivity contribution in [2.75, 3.05) is 19.8 Å². The number of hydrogen-bond donors (Lipinski definition) is 1. The van der Waals surface area contributed by atoms with E-state index in [4.69, 9.17) is 21.1 Å². The van der Waals surface area contributed by atoms with Crippen LogP contribution in [0.2, 0.25) is 5.02 Å². The number of benzene rings is 2. The molecule has 136 valence electrons. The van der Waals surface area contributed by atoms with Gasteiger partial charge < -0.3 is 9.47 Å². The van der Waals surface area contributed by atoms with Crippen molar-refractivity contribution in [2.24, 2.45) is 0 Å². The smallest absolute Gasteiger partial charge is 0.240 e. The predicted molar refractivity (Wildman–Crippen MR) is 99.2 cm³/mol. The lowest BCUT2D eigenvalue weighted by Crippen LogP contribution is -2.28. The van der Waals surface area contributed by atoms with Crippen molar-refractivity contribution in [3.8, 4) is 11.5 Å². The molecule has 0 amide bonds. The average molecular weight is 384 g/mol. The van der Waals surface area contributed by atoms with Gasteiger partial charge in [-0.2, -0.15) is 0 Å². The van der Waals surface area contributed by atoms with Crippen molar-refractivity contribution >= 4 is 21.6 Å². The molecular formula is C18H22ClNO4S. The third-order valence-corrected chi connectivity index (χ3v) is 5.59. The Morgan fingerprint density at radius 1 is 1.00 bits per heavy atom. The number of rotatable bonds is 8. The summed E-state index contributed by atoms with van der Waals surface area (Å²) < 4.78 is 37.9. The summed E-state index contributed by atoms with van der Waals surface area (Å²) >= 11 is 6.11. The van der Waals surface area contributed by atoms with Gasteiger partial charge in [0, 0.05) is 11.6 Å². The Morgan fingerprint density at radius 2 is 1.60 bits per heavy atom. The van der Waals surface area contributed by atoms with Gasteiger partial charge >= 0.3 is 0 Å². The molecule has 7 heteroatoms. The van der Waals surface area contributed by atoms with Crippen molar-refractivity contribution in [3.63, 3.8) is 0 Å². The van der Waals surface area contributed by atoms with Crippen LogP contribution in [0, 0.1) is 13.8 Å². The van der Waals surface area contributed by atoms with Gasteiger partial charge in [0.15, 0.2) is 0 Å². The monoisotopic (exact) mass is 383 g/mol. The Bertz CT molecular complexity index is 796. The van der Waals surface area contributed by atoms with Crippen LogP contribution >= 0.6 is 11.6 Å². The van der Waals surface area contributed by atoms with Crippen LogP contribution in [0.25, 0.3) is 0 Å². The summed E-state index contributed by atoms with van der Waals surface area (Å²) in [6.45, 7) is 6.59. The zero-order chi connectivity index (χ0) is 18.4. The molecule has 25 heavy (non-hydrogen) atoms. The Kier molecular flexibility index (Phi) is 6.70. The van der Waals surface area contributed by atoms with E-state index in [1.807, 2.05) is 32.9 Å². The largest absolute Gasteiger partial charge is 0.494 e. The first-order chi connectivity index (χ1) is 11.8. The minimum absolute atomic E-state index is 0.163. The molecule has 0 saturated carbocycles. The van der Waals surface area contributed by atoms with E-state index in [1.54, 1.807) is 12.1 Å². The number of halogens is 1. The fourth-order valence-corrected chi connectivity index (χ4v) is 3.42. The highest BCUT2D eigenvalue weighted by Crippen LogP contribution is 2.25. The van der Waals surface area contributed by atoms with Gasteiger partial charge in [0.1, 0.15) is 18.1 Å². The Hall–Kier alpha value is -1.76. The van der Waals surface area contributed by atoms with E-state index in [9.17, 15) is 8.42 Å². The number of aryl methyl sites for hydroxylation is 2. The molecule has 0 spiro atoms. The van der Waals surface area contributed by atoms with Crippen LogP contribution < -0.4 is 14.2 Å². The molecule has 0 radical (unpaired) electrons. The molecule has 0 atom stereocenters. The summed E-state index contributed by atoms with van der Waals surface area (Å²) in [6, 6.07) is 9.95. The minimum Gasteiger partial charge on any atom is -0.494 e. The van der Waals surface area contributed by atoms with E-state index in [1.165, 1.54) is 12.1 Å². The number of hydrogen-bond acceptors (Lipinski definition) is 4. The molecule has 0 aliphatic heterocycles. The van der Waals surface area contributed by atoms with Gasteiger partial charge in [-0.1, -0.05) is 11.6 Å². The summed E-state index contributed by atoms with van der Waals surface area (Å²) in [5.74, 6) is 1.30. The normalized spacial score (nSPS) is 11.4. The van der Waals surface area contributed by atoms with Gasteiger partial charge in [-0.3, -0.25) is 0 Å². The molecular weight excluding hydrogens is 362 g/mol. The van der Waals surface area contributed by atoms with Crippen molar-refractivity contribution in [1.29, 1.82) is 0 Å². The summed E-state index contributed by atoms with van der Waals surface area (Å²) in [5, 5.41) is 0.712. The van der Waals surface area contributed by atoms with E-state index in [0.717, 1.165) is 11.1 Å². The maximum atomic E-state index is 12.2. The fourth-order valence-electron chi connectivity index (χ4n) is 2.30. The van der Waals surface area contributed by atoms with Crippen LogP contribution in [0.1, 0.15) is 18.1 Å². The van der Waals surface area contributed by atoms with E-state index in [0.29, 0.717) is 23.1 Å². The first-order valence-electron chi connectivity index (χ1n) is 7.95. The Balaban J connectivity index is 1.90. The van der Waals surface area contributed by atoms with Gasteiger partial charge in [0.25, 0.3) is 0 Å². The molecule has 0 aliphatic rings. The van der Waals surface area contributed by atoms with Crippen LogP contribution in [-0.4, -0.2) is 28.2 Å². The molecule has 0 fully saturated rings. The first-order valence-corrected chi connectivity index (χ1v) is 9.81. The van der Waals surface area contributed by atoms with Gasteiger partial charge in [-0.05, 0) is 68.3 Å². The molecule has 0 unspecified atom stereocenters. The predicted octanol–water partition coefficient (Wildman–Crippen LogP) is 3.71. The highest BCUT2D eigenvalue weighted by Gasteiger charge is 2.13. The van der Waals surface area contributed by atoms with Gasteiger partial charge in [0.2, 0.25) is 10.0 Å². The molecule has 5 nitrogen and oxygen atoms in total. The van der Waals surface area contributed by atoms with Gasteiger partial charge in [-0.15, -0.1) is 0 Å². The highest BCUT2D eigenvalue weighted by molar-refractivity contribution is 7.89. The van der Waals surface area contributed by atoms with Crippen LogP contribution in [0.5, 0.6) is 11.5 Å². The van der Waals surface area contributed by atoms with Crippen LogP contribution in [0.3, 0.4) is 0 Å². The Labute approximate surface area is 154 Å². The molecule has 0 aliphatic carbocycles. The standard InChI is InChI=1S/C18H22ClNO4S/c1-4-23-15-5-7-17(8-6-15)25(21,22)20-9-10-24-16-11-13(2)18(19)14(3)12-16/h5-8,11-12,20H,4,9-10H2,1-3H3. The van der Waals surface area contributed by atoms with E-state index < -0.39 is 10.0 Å². The third kappa shape index (κ3) is 5.36. The summed E-state index contributed by atoms with van der Waals surface area (Å²) in [6.07, 6.45) is 0. The molecule has 0 saturated heterocycles. The number of nitrogens with one attached hydrogen (secondary N) is 1. The van der Waals surface area contributed by atoms with E-state index in [-0.39, 0.29) is 18.0 Å². The minimum atomic E-state index is -3.58. The lowest BCUT2D eigenvalue weighted by atomic mass is 10.1. The second-order valence-corrected chi connectivity index (χ2v) is 7.67. The second-order valence-electron chi connectivity index (χ2n) is 5.52. The van der Waals surface area contributed by atoms with Crippen LogP contribution in [0.4, 0.5) is 0 Å². The summed E-state index contributed by atoms with van der Waals surface area (Å²) in [5.41, 5.74) is 1.85. The lowest BCUT2D eigenvalue weighted by molar-refractivity contribution is 0.322. The fraction of sp³-hybridized carbons (Fsp3) is 0.333. The number of sulfonamides is 1. The first kappa shape index (κ1) is 19.6. The van der Waals surface area contributed by atoms with Gasteiger partial charge in [-0.25, -0.2) is 13.1 Å². The second kappa shape index (κ2) is 8.56. The molecule has 2 aromatic rings. The Morgan fingerprint density at radius 3 is 2.16 bits per heavy atom. The summed E-state index contributed by atoms with van der Waals surface area (Å²) in [4.78, 5) is 0.189. The molecule has 0 bridgehead atoms. The van der Waals surface area contributed by atoms with Crippen molar-refractivity contribution in [2.45, 2.75) is 25.7 Å². The molecule has 0 aromatic heterocycles. The number of ether oxygens (including phenoxy) is 2. The van der Waals surface area contributed by atoms with Crippen molar-refractivity contribution in [1.82, 2.24) is 4.72 Å². The topological polar surface area (TPSA) is 64.6 Å². The van der Waals surface area contributed by atoms with Crippen LogP contribution in [-0.2, 0) is 10.0 Å². The molecule has 0 heterocycles. The van der Waals surface area contributed by atoms with E-state index >= 15 is 0 Å². The van der Waals surface area contributed by atoms with Crippen molar-refractivity contribution < 1.29 is 17.9 Å². The average Bonchev–Trinajstić information content (AvgIpc) is 2.57. The van der Waals surface area contributed by atoms with Gasteiger partial charge in [0.05, 0.1) is 11.5 Å². The lowest BCUT2D eigenvalue weighted by Gasteiger charge is -2.11. The maximum Gasteiger partial charge on any atom is 0.240 e. The SMILES string of the molecule is CCOc1ccc(S(=O)(=O)NCCOc2cc(C)c(Cl)c(C)c2)cc1. The maximum absolute atomic E-state index is 12.2. The zero-order valence-electron chi connectivity index (χ0n) is 14.5. The zero-order valence-corrected chi connectivity index (χ0v) is 16.1. The van der Waals surface area contributed by atoms with Crippen LogP contribution in [0.15, 0.2) is 41.3 Å². The summed E-state index contributed by atoms with van der Waals surface area (Å²) in [7, 11) is -3.58. The quantitative estimate of drug-likeness (QED) is 0.706. The molecule has 2 aromatic carbocycles. The van der Waals surface area contributed by atoms with Crippen molar-refractivity contribution in [3.05, 3.63) is 52.5 Å².